The lowest BCUT2D eigenvalue weighted by Gasteiger charge is -2.19. The molecule has 1 aromatic heterocycles. The van der Waals surface area contributed by atoms with Crippen molar-refractivity contribution in [2.75, 3.05) is 11.9 Å². The predicted molar refractivity (Wildman–Crippen MR) is 79.0 cm³/mol. The van der Waals surface area contributed by atoms with Crippen molar-refractivity contribution in [2.45, 2.75) is 13.5 Å². The van der Waals surface area contributed by atoms with Crippen LogP contribution in [0.4, 0.5) is 11.4 Å². The maximum Gasteiger partial charge on any atom is 0.342 e. The smallest absolute Gasteiger partial charge is 0.342 e. The summed E-state index contributed by atoms with van der Waals surface area (Å²) in [6.07, 6.45) is 0. The van der Waals surface area contributed by atoms with Gasteiger partial charge < -0.3 is 10.0 Å². The number of hydrogen-bond donors (Lipinski definition) is 1. The van der Waals surface area contributed by atoms with Crippen LogP contribution in [0.15, 0.2) is 23.7 Å². The van der Waals surface area contributed by atoms with E-state index in [-0.39, 0.29) is 11.3 Å². The lowest BCUT2D eigenvalue weighted by Crippen LogP contribution is -2.19. The molecule has 2 aromatic rings. The van der Waals surface area contributed by atoms with Gasteiger partial charge in [-0.15, -0.1) is 11.3 Å². The molecule has 0 bridgehead atoms. The Morgan fingerprint density at radius 3 is 2.76 bits per heavy atom. The van der Waals surface area contributed by atoms with E-state index in [2.05, 4.69) is 4.98 Å². The van der Waals surface area contributed by atoms with Crippen molar-refractivity contribution in [3.8, 4) is 0 Å². The highest BCUT2D eigenvalue weighted by Gasteiger charge is 2.26. The molecule has 1 aromatic carbocycles. The number of carboxylic acid groups (broad SMARTS) is 1. The highest BCUT2D eigenvalue weighted by atomic mass is 32.1. The van der Waals surface area contributed by atoms with Gasteiger partial charge in [0.2, 0.25) is 0 Å². The van der Waals surface area contributed by atoms with Gasteiger partial charge in [-0.25, -0.2) is 9.78 Å². The summed E-state index contributed by atoms with van der Waals surface area (Å²) in [5.41, 5.74) is 2.14. The Kier molecular flexibility index (Phi) is 4.18. The zero-order valence-corrected chi connectivity index (χ0v) is 12.3. The Hall–Kier alpha value is -2.48. The number of aromatic nitrogens is 1. The SMILES string of the molecule is Cc1ncsc1CN(C)c1cccc(C(=O)O)c1[N+](=O)[O-]. The Morgan fingerprint density at radius 1 is 1.52 bits per heavy atom. The molecular formula is C13H13N3O4S. The molecule has 0 atom stereocenters. The van der Waals surface area contributed by atoms with Crippen molar-refractivity contribution >= 4 is 28.7 Å². The van der Waals surface area contributed by atoms with Crippen LogP contribution in [0.25, 0.3) is 0 Å². The number of benzene rings is 1. The molecule has 1 N–H and O–H groups in total. The summed E-state index contributed by atoms with van der Waals surface area (Å²) < 4.78 is 0. The van der Waals surface area contributed by atoms with Crippen LogP contribution in [0, 0.1) is 17.0 Å². The summed E-state index contributed by atoms with van der Waals surface area (Å²) in [4.78, 5) is 28.5. The zero-order chi connectivity index (χ0) is 15.6. The van der Waals surface area contributed by atoms with Crippen LogP contribution in [-0.4, -0.2) is 28.0 Å². The first kappa shape index (κ1) is 14.9. The molecule has 0 unspecified atom stereocenters. The third kappa shape index (κ3) is 3.00. The van der Waals surface area contributed by atoms with E-state index in [0.29, 0.717) is 6.54 Å². The van der Waals surface area contributed by atoms with Gasteiger partial charge in [-0.3, -0.25) is 10.1 Å². The minimum atomic E-state index is -1.31. The van der Waals surface area contributed by atoms with Gasteiger partial charge in [-0.1, -0.05) is 6.07 Å². The van der Waals surface area contributed by atoms with E-state index in [9.17, 15) is 14.9 Å². The molecular weight excluding hydrogens is 294 g/mol. The van der Waals surface area contributed by atoms with Crippen LogP contribution < -0.4 is 4.90 Å². The second-order valence-electron chi connectivity index (χ2n) is 4.45. The first-order valence-corrected chi connectivity index (χ1v) is 6.90. The van der Waals surface area contributed by atoms with Gasteiger partial charge in [-0.05, 0) is 19.1 Å². The normalized spacial score (nSPS) is 10.4. The molecule has 0 aliphatic rings. The minimum absolute atomic E-state index is 0.271. The number of aryl methyl sites for hydroxylation is 1. The van der Waals surface area contributed by atoms with Gasteiger partial charge in [0.05, 0.1) is 22.7 Å². The fourth-order valence-electron chi connectivity index (χ4n) is 1.98. The molecule has 110 valence electrons. The molecule has 0 saturated heterocycles. The molecule has 21 heavy (non-hydrogen) atoms. The van der Waals surface area contributed by atoms with Gasteiger partial charge >= 0.3 is 11.7 Å². The van der Waals surface area contributed by atoms with Crippen molar-refractivity contribution in [1.82, 2.24) is 4.98 Å². The van der Waals surface area contributed by atoms with Crippen molar-refractivity contribution in [3.63, 3.8) is 0 Å². The number of thiazole rings is 1. The minimum Gasteiger partial charge on any atom is -0.477 e. The number of anilines is 1. The van der Waals surface area contributed by atoms with Crippen molar-refractivity contribution in [3.05, 3.63) is 50.0 Å². The van der Waals surface area contributed by atoms with Crippen molar-refractivity contribution in [2.24, 2.45) is 0 Å². The number of carboxylic acids is 1. The van der Waals surface area contributed by atoms with E-state index < -0.39 is 16.6 Å². The van der Waals surface area contributed by atoms with E-state index in [0.717, 1.165) is 10.6 Å². The molecule has 0 aliphatic heterocycles. The van der Waals surface area contributed by atoms with Gasteiger partial charge in [-0.2, -0.15) is 0 Å². The number of para-hydroxylation sites is 1. The number of nitro groups is 1. The average molecular weight is 307 g/mol. The Bertz CT molecular complexity index is 698. The molecule has 2 rings (SSSR count). The molecule has 7 nitrogen and oxygen atoms in total. The highest BCUT2D eigenvalue weighted by Crippen LogP contribution is 2.32. The number of nitro benzene ring substituents is 1. The standard InChI is InChI=1S/C13H13N3O4S/c1-8-11(21-7-14-8)6-15(2)10-5-3-4-9(13(17)18)12(10)16(19)20/h3-5,7H,6H2,1-2H3,(H,17,18). The molecule has 1 heterocycles. The monoisotopic (exact) mass is 307 g/mol. The fraction of sp³-hybridized carbons (Fsp3) is 0.231. The summed E-state index contributed by atoms with van der Waals surface area (Å²) in [5.74, 6) is -1.31. The maximum absolute atomic E-state index is 11.2. The molecule has 0 saturated carbocycles. The first-order valence-electron chi connectivity index (χ1n) is 6.02. The van der Waals surface area contributed by atoms with E-state index >= 15 is 0 Å². The zero-order valence-electron chi connectivity index (χ0n) is 11.4. The predicted octanol–water partition coefficient (Wildman–Crippen LogP) is 2.69. The summed E-state index contributed by atoms with van der Waals surface area (Å²) >= 11 is 1.46. The Balaban J connectivity index is 2.43. The van der Waals surface area contributed by atoms with Crippen LogP contribution in [-0.2, 0) is 6.54 Å². The van der Waals surface area contributed by atoms with E-state index in [1.54, 1.807) is 23.5 Å². The lowest BCUT2D eigenvalue weighted by atomic mass is 10.1. The largest absolute Gasteiger partial charge is 0.477 e. The van der Waals surface area contributed by atoms with Gasteiger partial charge in [0.15, 0.2) is 0 Å². The van der Waals surface area contributed by atoms with Crippen molar-refractivity contribution in [1.29, 1.82) is 0 Å². The van der Waals surface area contributed by atoms with E-state index in [1.807, 2.05) is 6.92 Å². The van der Waals surface area contributed by atoms with Crippen molar-refractivity contribution < 1.29 is 14.8 Å². The molecule has 0 spiro atoms. The number of aromatic carboxylic acids is 1. The van der Waals surface area contributed by atoms with Gasteiger partial charge in [0, 0.05) is 11.9 Å². The summed E-state index contributed by atoms with van der Waals surface area (Å²) in [5, 5.41) is 20.3. The lowest BCUT2D eigenvalue weighted by molar-refractivity contribution is -0.384. The number of hydrogen-bond acceptors (Lipinski definition) is 6. The number of carbonyl (C=O) groups is 1. The van der Waals surface area contributed by atoms with Crippen LogP contribution in [0.5, 0.6) is 0 Å². The fourth-order valence-corrected chi connectivity index (χ4v) is 2.81. The van der Waals surface area contributed by atoms with E-state index in [4.69, 9.17) is 5.11 Å². The molecule has 0 radical (unpaired) electrons. The third-order valence-electron chi connectivity index (χ3n) is 3.06. The maximum atomic E-state index is 11.2. The van der Waals surface area contributed by atoms with E-state index in [1.165, 1.54) is 23.5 Å². The van der Waals surface area contributed by atoms with Crippen LogP contribution in [0.2, 0.25) is 0 Å². The topological polar surface area (TPSA) is 96.6 Å². The summed E-state index contributed by atoms with van der Waals surface area (Å²) in [6.45, 7) is 2.29. The first-order chi connectivity index (χ1) is 9.91. The van der Waals surface area contributed by atoms with Crippen LogP contribution in [0.3, 0.4) is 0 Å². The van der Waals surface area contributed by atoms with Gasteiger partial charge in [0.25, 0.3) is 0 Å². The summed E-state index contributed by atoms with van der Waals surface area (Å²) in [7, 11) is 1.69. The van der Waals surface area contributed by atoms with Gasteiger partial charge in [0.1, 0.15) is 11.3 Å². The highest BCUT2D eigenvalue weighted by molar-refractivity contribution is 7.09. The van der Waals surface area contributed by atoms with Crippen LogP contribution >= 0.6 is 11.3 Å². The second-order valence-corrected chi connectivity index (χ2v) is 5.39. The summed E-state index contributed by atoms with van der Waals surface area (Å²) in [6, 6.07) is 4.28. The Morgan fingerprint density at radius 2 is 2.24 bits per heavy atom. The van der Waals surface area contributed by atoms with Crippen LogP contribution in [0.1, 0.15) is 20.9 Å². The number of nitrogens with zero attached hydrogens (tertiary/aromatic N) is 3. The molecule has 0 amide bonds. The molecule has 8 heteroatoms. The molecule has 0 aliphatic carbocycles. The Labute approximate surface area is 124 Å². The second kappa shape index (κ2) is 5.88. The molecule has 0 fully saturated rings. The quantitative estimate of drug-likeness (QED) is 0.674. The average Bonchev–Trinajstić information content (AvgIpc) is 2.83. The third-order valence-corrected chi connectivity index (χ3v) is 3.98. The number of rotatable bonds is 5.